The number of carbonyl (C=O) groups is 1. The van der Waals surface area contributed by atoms with Crippen LogP contribution in [0.2, 0.25) is 0 Å². The van der Waals surface area contributed by atoms with E-state index < -0.39 is 0 Å². The number of nitrogens with zero attached hydrogens (tertiary/aromatic N) is 1. The highest BCUT2D eigenvalue weighted by Crippen LogP contribution is 2.15. The summed E-state index contributed by atoms with van der Waals surface area (Å²) in [5.41, 5.74) is 0. The van der Waals surface area contributed by atoms with Crippen LogP contribution in [-0.4, -0.2) is 44.2 Å². The first kappa shape index (κ1) is 36.1. The van der Waals surface area contributed by atoms with E-state index in [2.05, 4.69) is 21.0 Å². The average Bonchev–Trinajstić information content (AvgIpc) is 2.78. The van der Waals surface area contributed by atoms with Crippen molar-refractivity contribution in [2.24, 2.45) is 0 Å². The lowest BCUT2D eigenvalue weighted by Crippen LogP contribution is -3.00. The fraction of sp³-hybridized carbons (Fsp3) is 0.967. The minimum Gasteiger partial charge on any atom is -1.00 e. The molecule has 0 N–H and O–H groups in total. The van der Waals surface area contributed by atoms with Gasteiger partial charge in [-0.1, -0.05) is 110 Å². The highest BCUT2D eigenvalue weighted by Gasteiger charge is 2.13. The standard InChI is InChI=1S/C30H62NO2.BrH/c1-5-7-8-9-10-11-12-13-14-15-16-17-18-19-20-21-22-25-28-31(3,4)29-26-23-24-27-30(32)33-6-2;/h5-29H2,1-4H3;1H/q+1;/p-1. The molecule has 0 fully saturated rings. The van der Waals surface area contributed by atoms with Crippen molar-refractivity contribution < 1.29 is 31.0 Å². The minimum absolute atomic E-state index is 0. The Hall–Kier alpha value is -0.0900. The van der Waals surface area contributed by atoms with Crippen LogP contribution < -0.4 is 17.0 Å². The molecular formula is C30H62BrNO2. The molecule has 0 heterocycles. The number of unbranched alkanes of at least 4 members (excludes halogenated alkanes) is 19. The molecule has 0 rings (SSSR count). The van der Waals surface area contributed by atoms with E-state index in [1.807, 2.05) is 6.92 Å². The molecule has 0 aliphatic carbocycles. The Labute approximate surface area is 225 Å². The number of carbonyl (C=O) groups excluding carboxylic acids is 1. The van der Waals surface area contributed by atoms with E-state index in [0.29, 0.717) is 13.0 Å². The first-order valence-electron chi connectivity index (χ1n) is 15.0. The molecule has 0 amide bonds. The van der Waals surface area contributed by atoms with Crippen LogP contribution in [-0.2, 0) is 9.53 Å². The quantitative estimate of drug-likeness (QED) is 0.0728. The predicted octanol–water partition coefficient (Wildman–Crippen LogP) is 6.23. The summed E-state index contributed by atoms with van der Waals surface area (Å²) in [4.78, 5) is 11.4. The number of halogens is 1. The molecule has 0 radical (unpaired) electrons. The maximum Gasteiger partial charge on any atom is 0.305 e. The highest BCUT2D eigenvalue weighted by atomic mass is 79.9. The molecule has 0 atom stereocenters. The Morgan fingerprint density at radius 2 is 0.853 bits per heavy atom. The van der Waals surface area contributed by atoms with Crippen molar-refractivity contribution in [3.05, 3.63) is 0 Å². The lowest BCUT2D eigenvalue weighted by molar-refractivity contribution is -0.890. The maximum atomic E-state index is 11.4. The molecule has 0 saturated heterocycles. The van der Waals surface area contributed by atoms with Crippen LogP contribution in [0.5, 0.6) is 0 Å². The van der Waals surface area contributed by atoms with Gasteiger partial charge in [0.1, 0.15) is 0 Å². The molecule has 0 spiro atoms. The van der Waals surface area contributed by atoms with Crippen LogP contribution in [0, 0.1) is 0 Å². The second-order valence-corrected chi connectivity index (χ2v) is 11.0. The molecule has 0 aliphatic rings. The zero-order valence-corrected chi connectivity index (χ0v) is 25.4. The van der Waals surface area contributed by atoms with Gasteiger partial charge in [0.15, 0.2) is 0 Å². The van der Waals surface area contributed by atoms with E-state index >= 15 is 0 Å². The maximum absolute atomic E-state index is 11.4. The van der Waals surface area contributed by atoms with Gasteiger partial charge in [-0.05, 0) is 39.0 Å². The molecule has 0 aromatic rings. The zero-order valence-electron chi connectivity index (χ0n) is 23.8. The zero-order chi connectivity index (χ0) is 24.5. The minimum atomic E-state index is -0.0370. The SMILES string of the molecule is CCCCCCCCCCCCCCCCCCCC[N+](C)(C)CCCCCC(=O)OCC.[Br-]. The summed E-state index contributed by atoms with van der Waals surface area (Å²) in [7, 11) is 4.72. The number of ether oxygens (including phenoxy) is 1. The highest BCUT2D eigenvalue weighted by molar-refractivity contribution is 5.69. The van der Waals surface area contributed by atoms with Gasteiger partial charge in [0, 0.05) is 6.42 Å². The van der Waals surface area contributed by atoms with E-state index in [-0.39, 0.29) is 23.0 Å². The smallest absolute Gasteiger partial charge is 0.305 e. The van der Waals surface area contributed by atoms with Gasteiger partial charge < -0.3 is 26.2 Å². The summed E-state index contributed by atoms with van der Waals surface area (Å²) < 4.78 is 6.12. The molecule has 206 valence electrons. The molecule has 0 aliphatic heterocycles. The van der Waals surface area contributed by atoms with Crippen LogP contribution in [0.1, 0.15) is 155 Å². The first-order valence-corrected chi connectivity index (χ1v) is 15.0. The third kappa shape index (κ3) is 28.1. The first-order chi connectivity index (χ1) is 16.0. The monoisotopic (exact) mass is 547 g/mol. The van der Waals surface area contributed by atoms with Crippen molar-refractivity contribution in [3.63, 3.8) is 0 Å². The summed E-state index contributed by atoms with van der Waals surface area (Å²) >= 11 is 0. The van der Waals surface area contributed by atoms with E-state index in [1.54, 1.807) is 0 Å². The molecule has 0 aromatic heterocycles. The third-order valence-corrected chi connectivity index (χ3v) is 7.07. The number of hydrogen-bond donors (Lipinski definition) is 0. The lowest BCUT2D eigenvalue weighted by atomic mass is 10.0. The number of quaternary nitrogens is 1. The second kappa shape index (κ2) is 27.5. The van der Waals surface area contributed by atoms with E-state index in [4.69, 9.17) is 4.74 Å². The molecule has 34 heavy (non-hydrogen) atoms. The largest absolute Gasteiger partial charge is 1.00 e. The third-order valence-electron chi connectivity index (χ3n) is 7.07. The molecule has 0 unspecified atom stereocenters. The van der Waals surface area contributed by atoms with Crippen LogP contribution >= 0.6 is 0 Å². The lowest BCUT2D eigenvalue weighted by Gasteiger charge is -2.30. The van der Waals surface area contributed by atoms with Crippen LogP contribution in [0.15, 0.2) is 0 Å². The summed E-state index contributed by atoms with van der Waals surface area (Å²) in [5.74, 6) is -0.0370. The molecule has 0 aromatic carbocycles. The number of rotatable bonds is 26. The topological polar surface area (TPSA) is 26.3 Å². The van der Waals surface area contributed by atoms with Gasteiger partial charge in [-0.2, -0.15) is 0 Å². The number of esters is 1. The van der Waals surface area contributed by atoms with Gasteiger partial charge in [-0.15, -0.1) is 0 Å². The van der Waals surface area contributed by atoms with E-state index in [9.17, 15) is 4.79 Å². The normalized spacial score (nSPS) is 11.4. The van der Waals surface area contributed by atoms with E-state index in [1.165, 1.54) is 135 Å². The van der Waals surface area contributed by atoms with Crippen molar-refractivity contribution >= 4 is 5.97 Å². The van der Waals surface area contributed by atoms with Crippen LogP contribution in [0.25, 0.3) is 0 Å². The Morgan fingerprint density at radius 1 is 0.529 bits per heavy atom. The Kier molecular flexibility index (Phi) is 29.2. The molecule has 0 bridgehead atoms. The van der Waals surface area contributed by atoms with Crippen LogP contribution in [0.3, 0.4) is 0 Å². The van der Waals surface area contributed by atoms with Gasteiger partial charge in [-0.3, -0.25) is 4.79 Å². The Morgan fingerprint density at radius 3 is 1.21 bits per heavy atom. The summed E-state index contributed by atoms with van der Waals surface area (Å²) in [5, 5.41) is 0. The van der Waals surface area contributed by atoms with E-state index in [0.717, 1.165) is 17.3 Å². The van der Waals surface area contributed by atoms with Crippen molar-refractivity contribution in [2.45, 2.75) is 155 Å². The number of hydrogen-bond acceptors (Lipinski definition) is 2. The molecule has 3 nitrogen and oxygen atoms in total. The van der Waals surface area contributed by atoms with Crippen LogP contribution in [0.4, 0.5) is 0 Å². The van der Waals surface area contributed by atoms with Gasteiger partial charge in [-0.25, -0.2) is 0 Å². The van der Waals surface area contributed by atoms with Crippen molar-refractivity contribution in [1.29, 1.82) is 0 Å². The fourth-order valence-corrected chi connectivity index (χ4v) is 4.77. The molecule has 0 saturated carbocycles. The molecule has 4 heteroatoms. The van der Waals surface area contributed by atoms with Gasteiger partial charge in [0.2, 0.25) is 0 Å². The summed E-state index contributed by atoms with van der Waals surface area (Å²) in [6.45, 7) is 7.18. The Bertz CT molecular complexity index is 415. The second-order valence-electron chi connectivity index (χ2n) is 11.0. The fourth-order valence-electron chi connectivity index (χ4n) is 4.77. The van der Waals surface area contributed by atoms with Crippen molar-refractivity contribution in [3.8, 4) is 0 Å². The van der Waals surface area contributed by atoms with Crippen molar-refractivity contribution in [1.82, 2.24) is 0 Å². The van der Waals surface area contributed by atoms with Crippen molar-refractivity contribution in [2.75, 3.05) is 33.8 Å². The summed E-state index contributed by atoms with van der Waals surface area (Å²) in [6, 6.07) is 0. The van der Waals surface area contributed by atoms with Gasteiger partial charge in [0.25, 0.3) is 0 Å². The molecular weight excluding hydrogens is 486 g/mol. The van der Waals surface area contributed by atoms with Gasteiger partial charge >= 0.3 is 5.97 Å². The predicted molar refractivity (Wildman–Crippen MR) is 146 cm³/mol. The Balaban J connectivity index is 0. The average molecular weight is 549 g/mol. The van der Waals surface area contributed by atoms with Gasteiger partial charge in [0.05, 0.1) is 33.8 Å². The summed E-state index contributed by atoms with van der Waals surface area (Å²) in [6.07, 6.45) is 29.8.